The van der Waals surface area contributed by atoms with E-state index in [1.165, 1.54) is 11.3 Å². The van der Waals surface area contributed by atoms with Crippen LogP contribution in [0.15, 0.2) is 36.2 Å². The predicted molar refractivity (Wildman–Crippen MR) is 104 cm³/mol. The molecule has 1 aliphatic heterocycles. The average molecular weight is 381 g/mol. The second-order valence-corrected chi connectivity index (χ2v) is 7.19. The van der Waals surface area contributed by atoms with Gasteiger partial charge in [0.15, 0.2) is 5.13 Å². The first-order valence-electron chi connectivity index (χ1n) is 8.65. The quantitative estimate of drug-likeness (QED) is 0.659. The highest BCUT2D eigenvalue weighted by Crippen LogP contribution is 2.28. The number of anilines is 2. The Labute approximate surface area is 160 Å². The fourth-order valence-electron chi connectivity index (χ4n) is 3.08. The molecule has 27 heavy (non-hydrogen) atoms. The van der Waals surface area contributed by atoms with Gasteiger partial charge in [-0.05, 0) is 19.4 Å². The maximum absolute atomic E-state index is 12.4. The monoisotopic (exact) mass is 381 g/mol. The number of nitrogens with zero attached hydrogens (tertiary/aromatic N) is 5. The number of aromatic amines is 1. The van der Waals surface area contributed by atoms with Crippen LogP contribution in [0.5, 0.6) is 0 Å². The molecule has 4 heterocycles. The minimum absolute atomic E-state index is 0.000915. The van der Waals surface area contributed by atoms with Crippen molar-refractivity contribution in [1.82, 2.24) is 29.8 Å². The SMILES string of the molecule is Cc1nc(Nc2nccs2)cc([C@@H]2CCN(C(=O)/C=C/c3cnc[nH]3)C2)n1. The summed E-state index contributed by atoms with van der Waals surface area (Å²) < 4.78 is 0. The first kappa shape index (κ1) is 17.3. The fourth-order valence-corrected chi connectivity index (χ4v) is 3.62. The number of aromatic nitrogens is 5. The van der Waals surface area contributed by atoms with Crippen LogP contribution in [0, 0.1) is 6.92 Å². The van der Waals surface area contributed by atoms with Gasteiger partial charge in [-0.2, -0.15) is 0 Å². The normalized spacial score (nSPS) is 16.9. The molecule has 3 aromatic heterocycles. The minimum Gasteiger partial charge on any atom is -0.345 e. The number of hydrogen-bond acceptors (Lipinski definition) is 7. The summed E-state index contributed by atoms with van der Waals surface area (Å²) >= 11 is 1.52. The van der Waals surface area contributed by atoms with Crippen LogP contribution < -0.4 is 5.32 Å². The number of imidazole rings is 1. The fraction of sp³-hybridized carbons (Fsp3) is 0.278. The van der Waals surface area contributed by atoms with Gasteiger partial charge in [0.1, 0.15) is 11.6 Å². The van der Waals surface area contributed by atoms with Crippen LogP contribution >= 0.6 is 11.3 Å². The van der Waals surface area contributed by atoms with Gasteiger partial charge in [0.05, 0.1) is 23.9 Å². The molecule has 0 saturated carbocycles. The standard InChI is InChI=1S/C18H19N7OS/c1-12-22-15(8-16(23-12)24-18-20-5-7-27-18)13-4-6-25(10-13)17(26)3-2-14-9-19-11-21-14/h2-3,5,7-9,11,13H,4,6,10H2,1H3,(H,19,21)(H,20,22,23,24)/b3-2+/t13-/m1/s1. The lowest BCUT2D eigenvalue weighted by molar-refractivity contribution is -0.124. The van der Waals surface area contributed by atoms with Crippen LogP contribution in [0.4, 0.5) is 10.9 Å². The van der Waals surface area contributed by atoms with Crippen LogP contribution in [-0.2, 0) is 4.79 Å². The van der Waals surface area contributed by atoms with E-state index in [1.54, 1.807) is 30.9 Å². The largest absolute Gasteiger partial charge is 0.345 e. The van der Waals surface area contributed by atoms with E-state index in [9.17, 15) is 4.79 Å². The van der Waals surface area contributed by atoms with Gasteiger partial charge in [-0.1, -0.05) is 0 Å². The first-order valence-corrected chi connectivity index (χ1v) is 9.53. The molecule has 0 aromatic carbocycles. The molecule has 2 N–H and O–H groups in total. The van der Waals surface area contributed by atoms with Crippen molar-refractivity contribution in [3.8, 4) is 0 Å². The molecular formula is C18H19N7OS. The van der Waals surface area contributed by atoms with E-state index in [2.05, 4.69) is 30.2 Å². The first-order chi connectivity index (χ1) is 13.2. The zero-order valence-corrected chi connectivity index (χ0v) is 15.6. The number of carbonyl (C=O) groups is 1. The van der Waals surface area contributed by atoms with Crippen molar-refractivity contribution < 1.29 is 4.79 Å². The predicted octanol–water partition coefficient (Wildman–Crippen LogP) is 2.74. The summed E-state index contributed by atoms with van der Waals surface area (Å²) in [7, 11) is 0. The number of carbonyl (C=O) groups excluding carboxylic acids is 1. The summed E-state index contributed by atoms with van der Waals surface area (Å²) in [5.74, 6) is 1.64. The average Bonchev–Trinajstić information content (AvgIpc) is 3.40. The Morgan fingerprint density at radius 3 is 3.15 bits per heavy atom. The number of thiazole rings is 1. The number of H-pyrrole nitrogens is 1. The highest BCUT2D eigenvalue weighted by Gasteiger charge is 2.27. The van der Waals surface area contributed by atoms with Gasteiger partial charge in [0, 0.05) is 42.7 Å². The Kier molecular flexibility index (Phi) is 4.93. The number of amides is 1. The molecule has 1 atom stereocenters. The number of hydrogen-bond donors (Lipinski definition) is 2. The van der Waals surface area contributed by atoms with Crippen molar-refractivity contribution >= 4 is 34.3 Å². The van der Waals surface area contributed by atoms with Gasteiger partial charge in [0.2, 0.25) is 5.91 Å². The van der Waals surface area contributed by atoms with Crippen LogP contribution in [0.25, 0.3) is 6.08 Å². The summed E-state index contributed by atoms with van der Waals surface area (Å²) in [6, 6.07) is 1.95. The molecule has 0 unspecified atom stereocenters. The number of likely N-dealkylation sites (tertiary alicyclic amines) is 1. The molecule has 3 aromatic rings. The topological polar surface area (TPSA) is 99.7 Å². The number of aryl methyl sites for hydroxylation is 1. The maximum Gasteiger partial charge on any atom is 0.246 e. The summed E-state index contributed by atoms with van der Waals surface area (Å²) in [5.41, 5.74) is 1.76. The third-order valence-corrected chi connectivity index (χ3v) is 5.06. The van der Waals surface area contributed by atoms with Crippen molar-refractivity contribution in [3.05, 3.63) is 53.5 Å². The van der Waals surface area contributed by atoms with Crippen molar-refractivity contribution in [2.24, 2.45) is 0 Å². The van der Waals surface area contributed by atoms with Crippen LogP contribution in [0.3, 0.4) is 0 Å². The summed E-state index contributed by atoms with van der Waals surface area (Å²) in [6.45, 7) is 3.25. The van der Waals surface area contributed by atoms with Crippen molar-refractivity contribution in [1.29, 1.82) is 0 Å². The third-order valence-electron chi connectivity index (χ3n) is 4.37. The van der Waals surface area contributed by atoms with Gasteiger partial charge < -0.3 is 15.2 Å². The van der Waals surface area contributed by atoms with Gasteiger partial charge in [-0.15, -0.1) is 11.3 Å². The summed E-state index contributed by atoms with van der Waals surface area (Å²) in [4.78, 5) is 34.4. The zero-order valence-electron chi connectivity index (χ0n) is 14.8. The van der Waals surface area contributed by atoms with Crippen molar-refractivity contribution in [3.63, 3.8) is 0 Å². The Bertz CT molecular complexity index is 937. The van der Waals surface area contributed by atoms with E-state index in [4.69, 9.17) is 0 Å². The molecule has 0 radical (unpaired) electrons. The molecule has 0 aliphatic carbocycles. The number of nitrogens with one attached hydrogen (secondary N) is 2. The van der Waals surface area contributed by atoms with Gasteiger partial charge in [0.25, 0.3) is 0 Å². The smallest absolute Gasteiger partial charge is 0.246 e. The summed E-state index contributed by atoms with van der Waals surface area (Å²) in [5, 5.41) is 5.92. The van der Waals surface area contributed by atoms with Gasteiger partial charge >= 0.3 is 0 Å². The second-order valence-electron chi connectivity index (χ2n) is 6.30. The molecule has 1 aliphatic rings. The van der Waals surface area contributed by atoms with E-state index < -0.39 is 0 Å². The zero-order chi connectivity index (χ0) is 18.6. The lowest BCUT2D eigenvalue weighted by atomic mass is 10.0. The van der Waals surface area contributed by atoms with Crippen LogP contribution in [-0.4, -0.2) is 48.8 Å². The molecule has 0 bridgehead atoms. The second kappa shape index (κ2) is 7.67. The molecule has 1 fully saturated rings. The van der Waals surface area contributed by atoms with Gasteiger partial charge in [-0.25, -0.2) is 19.9 Å². The lowest BCUT2D eigenvalue weighted by Gasteiger charge is -2.15. The van der Waals surface area contributed by atoms with Crippen molar-refractivity contribution in [2.75, 3.05) is 18.4 Å². The highest BCUT2D eigenvalue weighted by atomic mass is 32.1. The molecule has 4 rings (SSSR count). The molecule has 0 spiro atoms. The van der Waals surface area contributed by atoms with E-state index in [1.807, 2.05) is 23.3 Å². The summed E-state index contributed by atoms with van der Waals surface area (Å²) in [6.07, 6.45) is 9.22. The van der Waals surface area contributed by atoms with E-state index >= 15 is 0 Å². The van der Waals surface area contributed by atoms with E-state index in [0.29, 0.717) is 12.4 Å². The minimum atomic E-state index is -0.000915. The number of rotatable bonds is 5. The Balaban J connectivity index is 1.43. The highest BCUT2D eigenvalue weighted by molar-refractivity contribution is 7.13. The Hall–Kier alpha value is -3.07. The molecular weight excluding hydrogens is 362 g/mol. The van der Waals surface area contributed by atoms with E-state index in [0.717, 1.165) is 35.3 Å². The van der Waals surface area contributed by atoms with E-state index in [-0.39, 0.29) is 11.8 Å². The van der Waals surface area contributed by atoms with Crippen LogP contribution in [0.2, 0.25) is 0 Å². The lowest BCUT2D eigenvalue weighted by Crippen LogP contribution is -2.26. The Morgan fingerprint density at radius 1 is 1.44 bits per heavy atom. The molecule has 9 heteroatoms. The molecule has 1 saturated heterocycles. The van der Waals surface area contributed by atoms with Crippen molar-refractivity contribution in [2.45, 2.75) is 19.3 Å². The Morgan fingerprint density at radius 2 is 2.37 bits per heavy atom. The molecule has 1 amide bonds. The molecule has 138 valence electrons. The van der Waals surface area contributed by atoms with Gasteiger partial charge in [-0.3, -0.25) is 4.79 Å². The third kappa shape index (κ3) is 4.20. The molecule has 8 nitrogen and oxygen atoms in total. The maximum atomic E-state index is 12.4. The van der Waals surface area contributed by atoms with Crippen LogP contribution in [0.1, 0.15) is 29.6 Å².